The molecule has 0 saturated heterocycles. The van der Waals surface area contributed by atoms with Crippen molar-refractivity contribution in [2.24, 2.45) is 0 Å². The van der Waals surface area contributed by atoms with Crippen LogP contribution in [0.4, 0.5) is 4.79 Å². The zero-order valence-electron chi connectivity index (χ0n) is 16.8. The van der Waals surface area contributed by atoms with E-state index in [4.69, 9.17) is 9.26 Å². The third-order valence-corrected chi connectivity index (χ3v) is 4.54. The van der Waals surface area contributed by atoms with Gasteiger partial charge in [0.25, 0.3) is 5.89 Å². The molecule has 0 fully saturated rings. The van der Waals surface area contributed by atoms with Gasteiger partial charge in [0.15, 0.2) is 5.82 Å². The molecule has 29 heavy (non-hydrogen) atoms. The van der Waals surface area contributed by atoms with E-state index < -0.39 is 0 Å². The number of urea groups is 1. The SMILES string of the molecule is CCc1noc(-c2ccc(CCNC(=O)NCCc3ccc(OC)cc3)cc2)n1. The molecule has 2 amide bonds. The van der Waals surface area contributed by atoms with Gasteiger partial charge in [-0.2, -0.15) is 4.98 Å². The minimum absolute atomic E-state index is 0.159. The minimum atomic E-state index is -0.159. The number of methoxy groups -OCH3 is 1. The number of aromatic nitrogens is 2. The number of amides is 2. The van der Waals surface area contributed by atoms with Crippen LogP contribution in [0.25, 0.3) is 11.5 Å². The van der Waals surface area contributed by atoms with Crippen LogP contribution < -0.4 is 15.4 Å². The predicted octanol–water partition coefficient (Wildman–Crippen LogP) is 3.39. The van der Waals surface area contributed by atoms with Crippen LogP contribution in [-0.2, 0) is 19.3 Å². The van der Waals surface area contributed by atoms with Crippen molar-refractivity contribution >= 4 is 6.03 Å². The predicted molar refractivity (Wildman–Crippen MR) is 111 cm³/mol. The Balaban J connectivity index is 1.36. The van der Waals surface area contributed by atoms with Gasteiger partial charge in [0.05, 0.1) is 7.11 Å². The number of hydrogen-bond donors (Lipinski definition) is 2. The van der Waals surface area contributed by atoms with Crippen LogP contribution in [-0.4, -0.2) is 36.4 Å². The summed E-state index contributed by atoms with van der Waals surface area (Å²) >= 11 is 0. The highest BCUT2D eigenvalue weighted by Gasteiger charge is 2.07. The average Bonchev–Trinajstić information content (AvgIpc) is 3.24. The Labute approximate surface area is 170 Å². The fourth-order valence-electron chi connectivity index (χ4n) is 2.82. The molecule has 1 aromatic heterocycles. The molecule has 2 aromatic carbocycles. The number of hydrogen-bond acceptors (Lipinski definition) is 5. The van der Waals surface area contributed by atoms with Gasteiger partial charge in [0.2, 0.25) is 0 Å². The molecule has 152 valence electrons. The number of benzene rings is 2. The van der Waals surface area contributed by atoms with Crippen molar-refractivity contribution in [1.29, 1.82) is 0 Å². The lowest BCUT2D eigenvalue weighted by Crippen LogP contribution is -2.37. The first kappa shape index (κ1) is 20.4. The molecule has 2 N–H and O–H groups in total. The second-order valence-electron chi connectivity index (χ2n) is 6.60. The van der Waals surface area contributed by atoms with Crippen molar-refractivity contribution in [3.05, 3.63) is 65.5 Å². The van der Waals surface area contributed by atoms with E-state index in [-0.39, 0.29) is 6.03 Å². The van der Waals surface area contributed by atoms with Crippen molar-refractivity contribution < 1.29 is 14.1 Å². The number of ether oxygens (including phenoxy) is 1. The molecule has 0 spiro atoms. The quantitative estimate of drug-likeness (QED) is 0.581. The van der Waals surface area contributed by atoms with E-state index in [1.165, 1.54) is 0 Å². The van der Waals surface area contributed by atoms with Gasteiger partial charge in [0.1, 0.15) is 5.75 Å². The van der Waals surface area contributed by atoms with Crippen molar-refractivity contribution in [2.75, 3.05) is 20.2 Å². The van der Waals surface area contributed by atoms with Gasteiger partial charge in [-0.1, -0.05) is 36.3 Å². The summed E-state index contributed by atoms with van der Waals surface area (Å²) in [4.78, 5) is 16.2. The van der Waals surface area contributed by atoms with Gasteiger partial charge < -0.3 is 19.9 Å². The number of nitrogens with one attached hydrogen (secondary N) is 2. The summed E-state index contributed by atoms with van der Waals surface area (Å²) < 4.78 is 10.4. The van der Waals surface area contributed by atoms with Gasteiger partial charge in [0, 0.05) is 25.1 Å². The second kappa shape index (κ2) is 10.3. The van der Waals surface area contributed by atoms with E-state index in [9.17, 15) is 4.79 Å². The molecule has 0 aliphatic carbocycles. The largest absolute Gasteiger partial charge is 0.497 e. The lowest BCUT2D eigenvalue weighted by molar-refractivity contribution is 0.241. The van der Waals surface area contributed by atoms with Crippen LogP contribution in [0.1, 0.15) is 23.9 Å². The maximum Gasteiger partial charge on any atom is 0.314 e. The van der Waals surface area contributed by atoms with Crippen molar-refractivity contribution in [2.45, 2.75) is 26.2 Å². The first-order valence-corrected chi connectivity index (χ1v) is 9.74. The van der Waals surface area contributed by atoms with Gasteiger partial charge in [-0.25, -0.2) is 4.79 Å². The van der Waals surface area contributed by atoms with Crippen LogP contribution in [0.3, 0.4) is 0 Å². The van der Waals surface area contributed by atoms with Crippen molar-refractivity contribution in [3.8, 4) is 17.2 Å². The Hall–Kier alpha value is -3.35. The summed E-state index contributed by atoms with van der Waals surface area (Å²) in [6.07, 6.45) is 2.26. The fraction of sp³-hybridized carbons (Fsp3) is 0.318. The highest BCUT2D eigenvalue weighted by molar-refractivity contribution is 5.73. The maximum absolute atomic E-state index is 11.9. The maximum atomic E-state index is 11.9. The fourth-order valence-corrected chi connectivity index (χ4v) is 2.82. The van der Waals surface area contributed by atoms with Crippen LogP contribution >= 0.6 is 0 Å². The van der Waals surface area contributed by atoms with Gasteiger partial charge in [-0.15, -0.1) is 0 Å². The van der Waals surface area contributed by atoms with Gasteiger partial charge in [-0.3, -0.25) is 0 Å². The van der Waals surface area contributed by atoms with E-state index in [0.29, 0.717) is 24.8 Å². The Kier molecular flexibility index (Phi) is 7.22. The van der Waals surface area contributed by atoms with E-state index in [1.807, 2.05) is 55.5 Å². The number of aryl methyl sites for hydroxylation is 1. The molecule has 1 heterocycles. The smallest absolute Gasteiger partial charge is 0.314 e. The second-order valence-corrected chi connectivity index (χ2v) is 6.60. The normalized spacial score (nSPS) is 10.6. The number of carbonyl (C=O) groups excluding carboxylic acids is 1. The number of nitrogens with zero attached hydrogens (tertiary/aromatic N) is 2. The number of carbonyl (C=O) groups is 1. The minimum Gasteiger partial charge on any atom is -0.497 e. The van der Waals surface area contributed by atoms with Crippen molar-refractivity contribution in [3.63, 3.8) is 0 Å². The molecular formula is C22H26N4O3. The molecule has 0 bridgehead atoms. The third kappa shape index (κ3) is 6.07. The van der Waals surface area contributed by atoms with Crippen LogP contribution in [0.15, 0.2) is 53.1 Å². The number of rotatable bonds is 9. The van der Waals surface area contributed by atoms with E-state index in [0.717, 1.165) is 41.7 Å². The topological polar surface area (TPSA) is 89.3 Å². The lowest BCUT2D eigenvalue weighted by Gasteiger charge is -2.08. The molecule has 7 nitrogen and oxygen atoms in total. The first-order chi connectivity index (χ1) is 14.2. The van der Waals surface area contributed by atoms with E-state index in [2.05, 4.69) is 20.8 Å². The van der Waals surface area contributed by atoms with E-state index >= 15 is 0 Å². The highest BCUT2D eigenvalue weighted by Crippen LogP contribution is 2.18. The molecule has 0 saturated carbocycles. The summed E-state index contributed by atoms with van der Waals surface area (Å²) in [6, 6.07) is 15.6. The molecule has 3 aromatic rings. The van der Waals surface area contributed by atoms with Crippen LogP contribution in [0, 0.1) is 0 Å². The molecular weight excluding hydrogens is 368 g/mol. The molecule has 0 atom stereocenters. The summed E-state index contributed by atoms with van der Waals surface area (Å²) in [5.41, 5.74) is 3.17. The molecule has 0 radical (unpaired) electrons. The van der Waals surface area contributed by atoms with Crippen LogP contribution in [0.5, 0.6) is 5.75 Å². The summed E-state index contributed by atoms with van der Waals surface area (Å²) in [7, 11) is 1.64. The summed E-state index contributed by atoms with van der Waals surface area (Å²) in [5, 5.41) is 9.67. The molecule has 3 rings (SSSR count). The zero-order chi connectivity index (χ0) is 20.5. The Bertz CT molecular complexity index is 905. The monoisotopic (exact) mass is 394 g/mol. The average molecular weight is 394 g/mol. The molecule has 0 aliphatic heterocycles. The molecule has 7 heteroatoms. The Morgan fingerprint density at radius 1 is 0.966 bits per heavy atom. The van der Waals surface area contributed by atoms with Crippen LogP contribution in [0.2, 0.25) is 0 Å². The van der Waals surface area contributed by atoms with Gasteiger partial charge in [-0.05, 0) is 48.2 Å². The lowest BCUT2D eigenvalue weighted by atomic mass is 10.1. The van der Waals surface area contributed by atoms with E-state index in [1.54, 1.807) is 7.11 Å². The first-order valence-electron chi connectivity index (χ1n) is 9.74. The Morgan fingerprint density at radius 2 is 1.55 bits per heavy atom. The summed E-state index contributed by atoms with van der Waals surface area (Å²) in [5.74, 6) is 2.06. The molecule has 0 aliphatic rings. The van der Waals surface area contributed by atoms with Gasteiger partial charge >= 0.3 is 6.03 Å². The molecule has 0 unspecified atom stereocenters. The zero-order valence-corrected chi connectivity index (χ0v) is 16.8. The van der Waals surface area contributed by atoms with Crippen molar-refractivity contribution in [1.82, 2.24) is 20.8 Å². The summed E-state index contributed by atoms with van der Waals surface area (Å²) in [6.45, 7) is 3.13. The highest BCUT2D eigenvalue weighted by atomic mass is 16.5. The Morgan fingerprint density at radius 3 is 2.07 bits per heavy atom. The third-order valence-electron chi connectivity index (χ3n) is 4.54. The standard InChI is InChI=1S/C22H26N4O3/c1-3-20-25-21(29-26-20)18-8-4-16(5-9-18)12-14-23-22(27)24-15-13-17-6-10-19(28-2)11-7-17/h4-11H,3,12-15H2,1-2H3,(H2,23,24,27).